The molecule has 0 saturated carbocycles. The van der Waals surface area contributed by atoms with E-state index in [1.54, 1.807) is 13.2 Å². The summed E-state index contributed by atoms with van der Waals surface area (Å²) < 4.78 is 5.27. The van der Waals surface area contributed by atoms with E-state index < -0.39 is 0 Å². The summed E-state index contributed by atoms with van der Waals surface area (Å²) in [6.07, 6.45) is 6.06. The van der Waals surface area contributed by atoms with Crippen LogP contribution in [0, 0.1) is 16.7 Å². The largest absolute Gasteiger partial charge is 0.497 e. The molecular formula is C18H23N3O. The van der Waals surface area contributed by atoms with Gasteiger partial charge in [0.2, 0.25) is 0 Å². The van der Waals surface area contributed by atoms with Crippen LogP contribution in [0.15, 0.2) is 23.2 Å². The van der Waals surface area contributed by atoms with E-state index >= 15 is 0 Å². The summed E-state index contributed by atoms with van der Waals surface area (Å²) in [7, 11) is 1.64. The maximum Gasteiger partial charge on any atom is 0.121 e. The topological polar surface area (TPSA) is 48.6 Å². The van der Waals surface area contributed by atoms with E-state index in [0.29, 0.717) is 11.0 Å². The number of ether oxygens (including phenoxy) is 1. The highest BCUT2D eigenvalue weighted by atomic mass is 16.5. The molecule has 116 valence electrons. The van der Waals surface area contributed by atoms with Crippen molar-refractivity contribution in [2.45, 2.75) is 39.0 Å². The van der Waals surface area contributed by atoms with Crippen LogP contribution < -0.4 is 4.74 Å². The molecule has 0 aromatic heterocycles. The van der Waals surface area contributed by atoms with Gasteiger partial charge in [0.25, 0.3) is 0 Å². The number of nitrogens with zero attached hydrogens (tertiary/aromatic N) is 3. The van der Waals surface area contributed by atoms with Crippen molar-refractivity contribution in [2.75, 3.05) is 20.2 Å². The van der Waals surface area contributed by atoms with Crippen molar-refractivity contribution in [3.8, 4) is 11.8 Å². The minimum atomic E-state index is 0.490. The minimum Gasteiger partial charge on any atom is -0.497 e. The number of aliphatic imine (C=N–C) groups is 1. The molecule has 4 heteroatoms. The maximum absolute atomic E-state index is 9.29. The van der Waals surface area contributed by atoms with Crippen molar-refractivity contribution in [3.63, 3.8) is 0 Å². The number of benzene rings is 1. The minimum absolute atomic E-state index is 0.490. The molecule has 22 heavy (non-hydrogen) atoms. The van der Waals surface area contributed by atoms with Gasteiger partial charge in [0.05, 0.1) is 18.4 Å². The van der Waals surface area contributed by atoms with Gasteiger partial charge in [-0.05, 0) is 43.2 Å². The van der Waals surface area contributed by atoms with Gasteiger partial charge in [-0.2, -0.15) is 5.26 Å². The fraction of sp³-hybridized carbons (Fsp3) is 0.556. The van der Waals surface area contributed by atoms with E-state index in [1.807, 2.05) is 12.1 Å². The standard InChI is InChI=1S/C18H23N3O/c1-3-18-8-4-10-21(13-18)17(7-9-18)20-16-11-15(22-2)6-5-14(16)12-19/h5-6,11H,3-4,7-10,13H2,1-2H3. The Morgan fingerprint density at radius 2 is 2.27 bits per heavy atom. The van der Waals surface area contributed by atoms with Crippen molar-refractivity contribution in [3.05, 3.63) is 23.8 Å². The number of fused-ring (bicyclic) bond motifs is 2. The quantitative estimate of drug-likeness (QED) is 0.850. The van der Waals surface area contributed by atoms with E-state index in [9.17, 15) is 5.26 Å². The maximum atomic E-state index is 9.29. The third-order valence-corrected chi connectivity index (χ3v) is 5.23. The van der Waals surface area contributed by atoms with Crippen LogP contribution in [-0.4, -0.2) is 30.9 Å². The van der Waals surface area contributed by atoms with Gasteiger partial charge in [-0.15, -0.1) is 0 Å². The predicted molar refractivity (Wildman–Crippen MR) is 87.6 cm³/mol. The zero-order valence-electron chi connectivity index (χ0n) is 13.4. The first-order valence-electron chi connectivity index (χ1n) is 8.10. The number of amidine groups is 1. The van der Waals surface area contributed by atoms with E-state index in [2.05, 4.69) is 17.9 Å². The molecule has 1 unspecified atom stereocenters. The fourth-order valence-electron chi connectivity index (χ4n) is 3.72. The molecule has 3 rings (SSSR count). The van der Waals surface area contributed by atoms with Gasteiger partial charge in [0.15, 0.2) is 0 Å². The summed E-state index contributed by atoms with van der Waals surface area (Å²) in [6.45, 7) is 4.52. The summed E-state index contributed by atoms with van der Waals surface area (Å²) in [5.74, 6) is 1.88. The molecule has 2 heterocycles. The van der Waals surface area contributed by atoms with Crippen LogP contribution in [0.1, 0.15) is 44.6 Å². The van der Waals surface area contributed by atoms with Gasteiger partial charge in [0.1, 0.15) is 17.7 Å². The van der Waals surface area contributed by atoms with Crippen LogP contribution in [0.3, 0.4) is 0 Å². The van der Waals surface area contributed by atoms with Crippen molar-refractivity contribution < 1.29 is 4.74 Å². The SMILES string of the molecule is CCC12CCCN(C1)C(=Nc1cc(OC)ccc1C#N)CC2. The average Bonchev–Trinajstić information content (AvgIpc) is 2.57. The predicted octanol–water partition coefficient (Wildman–Crippen LogP) is 3.88. The summed E-state index contributed by atoms with van der Waals surface area (Å²) in [5.41, 5.74) is 1.83. The normalized spacial score (nSPS) is 25.9. The molecule has 0 amide bonds. The number of methoxy groups -OCH3 is 1. The van der Waals surface area contributed by atoms with Crippen LogP contribution in [0.5, 0.6) is 5.75 Å². The number of rotatable bonds is 3. The van der Waals surface area contributed by atoms with Gasteiger partial charge in [0, 0.05) is 25.6 Å². The lowest BCUT2D eigenvalue weighted by Crippen LogP contribution is -2.50. The lowest BCUT2D eigenvalue weighted by atomic mass is 9.71. The highest BCUT2D eigenvalue weighted by Crippen LogP contribution is 2.42. The summed E-state index contributed by atoms with van der Waals surface area (Å²) >= 11 is 0. The Hall–Kier alpha value is -2.02. The molecule has 1 aromatic carbocycles. The Morgan fingerprint density at radius 3 is 3.00 bits per heavy atom. The first kappa shape index (κ1) is 14.9. The molecule has 4 nitrogen and oxygen atoms in total. The average molecular weight is 297 g/mol. The lowest BCUT2D eigenvalue weighted by molar-refractivity contribution is 0.100. The monoisotopic (exact) mass is 297 g/mol. The van der Waals surface area contributed by atoms with Gasteiger partial charge in [-0.25, -0.2) is 4.99 Å². The highest BCUT2D eigenvalue weighted by Gasteiger charge is 2.39. The molecule has 1 aromatic rings. The molecule has 2 fully saturated rings. The molecule has 2 bridgehead atoms. The van der Waals surface area contributed by atoms with E-state index in [0.717, 1.165) is 36.8 Å². The van der Waals surface area contributed by atoms with Crippen LogP contribution in [0.4, 0.5) is 5.69 Å². The summed E-state index contributed by atoms with van der Waals surface area (Å²) in [6, 6.07) is 7.68. The van der Waals surface area contributed by atoms with Gasteiger partial charge >= 0.3 is 0 Å². The van der Waals surface area contributed by atoms with E-state index in [1.165, 1.54) is 25.7 Å². The molecule has 2 aliphatic rings. The molecular weight excluding hydrogens is 274 g/mol. The lowest BCUT2D eigenvalue weighted by Gasteiger charge is -2.48. The molecule has 0 radical (unpaired) electrons. The van der Waals surface area contributed by atoms with Gasteiger partial charge < -0.3 is 9.64 Å². The Kier molecular flexibility index (Phi) is 4.06. The molecule has 1 atom stereocenters. The second-order valence-corrected chi connectivity index (χ2v) is 6.40. The second-order valence-electron chi connectivity index (χ2n) is 6.40. The molecule has 0 spiro atoms. The first-order chi connectivity index (χ1) is 10.7. The van der Waals surface area contributed by atoms with E-state index in [-0.39, 0.29) is 0 Å². The Balaban J connectivity index is 1.91. The first-order valence-corrected chi connectivity index (χ1v) is 8.10. The van der Waals surface area contributed by atoms with Crippen molar-refractivity contribution >= 4 is 11.5 Å². The third-order valence-electron chi connectivity index (χ3n) is 5.23. The van der Waals surface area contributed by atoms with Crippen molar-refractivity contribution in [2.24, 2.45) is 10.4 Å². The Labute approximate surface area is 132 Å². The second kappa shape index (κ2) is 6.00. The summed E-state index contributed by atoms with van der Waals surface area (Å²) in [5, 5.41) is 9.29. The number of piperidine rings is 2. The van der Waals surface area contributed by atoms with Gasteiger partial charge in [-0.1, -0.05) is 6.92 Å². The zero-order valence-corrected chi connectivity index (χ0v) is 13.4. The summed E-state index contributed by atoms with van der Waals surface area (Å²) in [4.78, 5) is 7.25. The van der Waals surface area contributed by atoms with E-state index in [4.69, 9.17) is 9.73 Å². The fourth-order valence-corrected chi connectivity index (χ4v) is 3.72. The molecule has 0 aliphatic carbocycles. The highest BCUT2D eigenvalue weighted by molar-refractivity contribution is 5.86. The number of nitriles is 1. The zero-order chi connectivity index (χ0) is 15.6. The Bertz CT molecular complexity index is 632. The third kappa shape index (κ3) is 2.68. The van der Waals surface area contributed by atoms with Crippen LogP contribution in [0.25, 0.3) is 0 Å². The number of hydrogen-bond donors (Lipinski definition) is 0. The van der Waals surface area contributed by atoms with Crippen LogP contribution in [0.2, 0.25) is 0 Å². The van der Waals surface area contributed by atoms with Crippen molar-refractivity contribution in [1.29, 1.82) is 5.26 Å². The van der Waals surface area contributed by atoms with Crippen LogP contribution in [-0.2, 0) is 0 Å². The Morgan fingerprint density at radius 1 is 1.41 bits per heavy atom. The van der Waals surface area contributed by atoms with Crippen LogP contribution >= 0.6 is 0 Å². The van der Waals surface area contributed by atoms with Gasteiger partial charge in [-0.3, -0.25) is 0 Å². The number of hydrogen-bond acceptors (Lipinski definition) is 3. The molecule has 0 N–H and O–H groups in total. The smallest absolute Gasteiger partial charge is 0.121 e. The molecule has 2 saturated heterocycles. The van der Waals surface area contributed by atoms with Crippen molar-refractivity contribution in [1.82, 2.24) is 4.90 Å². The molecule has 2 aliphatic heterocycles.